The summed E-state index contributed by atoms with van der Waals surface area (Å²) in [5.74, 6) is 0.287. The fourth-order valence-electron chi connectivity index (χ4n) is 0.710. The summed E-state index contributed by atoms with van der Waals surface area (Å²) in [6.07, 6.45) is -4.25. The van der Waals surface area contributed by atoms with Crippen molar-refractivity contribution in [1.82, 2.24) is 0 Å². The average Bonchev–Trinajstić information content (AvgIpc) is 2.35. The third kappa shape index (κ3) is 2.14. The quantitative estimate of drug-likeness (QED) is 0.705. The summed E-state index contributed by atoms with van der Waals surface area (Å²) >= 11 is 0.646. The Balaban J connectivity index is 2.77. The summed E-state index contributed by atoms with van der Waals surface area (Å²) in [4.78, 5) is -0.619. The second kappa shape index (κ2) is 3.35. The van der Waals surface area contributed by atoms with Crippen molar-refractivity contribution in [3.05, 3.63) is 16.3 Å². The normalized spacial score (nSPS) is 11.7. The van der Waals surface area contributed by atoms with Crippen LogP contribution in [-0.4, -0.2) is 6.61 Å². The predicted octanol–water partition coefficient (Wildman–Crippen LogP) is 3.17. The first-order chi connectivity index (χ1) is 5.54. The zero-order chi connectivity index (χ0) is 9.19. The Morgan fingerprint density at radius 3 is 2.58 bits per heavy atom. The van der Waals surface area contributed by atoms with Gasteiger partial charge in [0.1, 0.15) is 10.6 Å². The Kier molecular flexibility index (Phi) is 2.62. The summed E-state index contributed by atoms with van der Waals surface area (Å²) in [6, 6.07) is 1.01. The highest BCUT2D eigenvalue weighted by atomic mass is 32.1. The van der Waals surface area contributed by atoms with Gasteiger partial charge in [0.15, 0.2) is 0 Å². The molecule has 0 amide bonds. The highest BCUT2D eigenvalue weighted by molar-refractivity contribution is 7.10. The molecular weight excluding hydrogens is 189 g/mol. The molecule has 0 saturated carbocycles. The summed E-state index contributed by atoms with van der Waals surface area (Å²) in [5.41, 5.74) is 0. The second-order valence-electron chi connectivity index (χ2n) is 2.08. The van der Waals surface area contributed by atoms with Crippen LogP contribution < -0.4 is 4.74 Å². The molecule has 1 rings (SSSR count). The van der Waals surface area contributed by atoms with Crippen LogP contribution in [0.3, 0.4) is 0 Å². The molecule has 68 valence electrons. The van der Waals surface area contributed by atoms with Gasteiger partial charge in [-0.15, -0.1) is 11.3 Å². The molecule has 0 bridgehead atoms. The standard InChI is InChI=1S/C7H7F3OS/c1-2-11-5-3-6(12-4-5)7(8,9)10/h3-4H,2H2,1H3. The van der Waals surface area contributed by atoms with Gasteiger partial charge in [0, 0.05) is 11.4 Å². The first-order valence-corrected chi connectivity index (χ1v) is 4.20. The lowest BCUT2D eigenvalue weighted by Gasteiger charge is -2.00. The molecule has 1 heterocycles. The van der Waals surface area contributed by atoms with E-state index in [0.717, 1.165) is 6.07 Å². The maximum Gasteiger partial charge on any atom is 0.425 e. The maximum absolute atomic E-state index is 12.0. The molecule has 1 aromatic rings. The van der Waals surface area contributed by atoms with Gasteiger partial charge < -0.3 is 4.74 Å². The van der Waals surface area contributed by atoms with Crippen LogP contribution in [0.15, 0.2) is 11.4 Å². The van der Waals surface area contributed by atoms with Crippen molar-refractivity contribution < 1.29 is 17.9 Å². The molecule has 0 aliphatic heterocycles. The van der Waals surface area contributed by atoms with Crippen molar-refractivity contribution in [2.24, 2.45) is 0 Å². The number of alkyl halides is 3. The molecule has 0 aromatic carbocycles. The van der Waals surface area contributed by atoms with Crippen molar-refractivity contribution >= 4 is 11.3 Å². The maximum atomic E-state index is 12.0. The van der Waals surface area contributed by atoms with Crippen molar-refractivity contribution in [3.63, 3.8) is 0 Å². The number of thiophene rings is 1. The zero-order valence-electron chi connectivity index (χ0n) is 6.31. The molecule has 0 atom stereocenters. The summed E-state index contributed by atoms with van der Waals surface area (Å²) in [5, 5.41) is 1.35. The van der Waals surface area contributed by atoms with E-state index >= 15 is 0 Å². The Morgan fingerprint density at radius 2 is 2.17 bits per heavy atom. The minimum absolute atomic E-state index is 0.287. The van der Waals surface area contributed by atoms with E-state index in [9.17, 15) is 13.2 Å². The molecule has 12 heavy (non-hydrogen) atoms. The average molecular weight is 196 g/mol. The van der Waals surface area contributed by atoms with Crippen LogP contribution in [0.2, 0.25) is 0 Å². The SMILES string of the molecule is CCOc1csc(C(F)(F)F)c1. The van der Waals surface area contributed by atoms with Crippen molar-refractivity contribution in [3.8, 4) is 5.75 Å². The molecule has 0 radical (unpaired) electrons. The molecule has 0 aliphatic rings. The van der Waals surface area contributed by atoms with Gasteiger partial charge in [0.25, 0.3) is 0 Å². The minimum Gasteiger partial charge on any atom is -0.493 e. The van der Waals surface area contributed by atoms with Gasteiger partial charge in [-0.2, -0.15) is 13.2 Å². The van der Waals surface area contributed by atoms with E-state index in [2.05, 4.69) is 0 Å². The van der Waals surface area contributed by atoms with Gasteiger partial charge in [-0.05, 0) is 6.92 Å². The summed E-state index contributed by atoms with van der Waals surface area (Å²) in [7, 11) is 0. The van der Waals surface area contributed by atoms with Crippen LogP contribution in [0.4, 0.5) is 13.2 Å². The van der Waals surface area contributed by atoms with E-state index in [-0.39, 0.29) is 5.75 Å². The molecule has 1 aromatic heterocycles. The van der Waals surface area contributed by atoms with E-state index in [1.165, 1.54) is 5.38 Å². The number of rotatable bonds is 2. The van der Waals surface area contributed by atoms with Gasteiger partial charge in [-0.1, -0.05) is 0 Å². The molecule has 1 nitrogen and oxygen atoms in total. The number of hydrogen-bond acceptors (Lipinski definition) is 2. The van der Waals surface area contributed by atoms with Gasteiger partial charge in [0.2, 0.25) is 0 Å². The number of halogens is 3. The van der Waals surface area contributed by atoms with Gasteiger partial charge in [-0.3, -0.25) is 0 Å². The van der Waals surface area contributed by atoms with Crippen LogP contribution >= 0.6 is 11.3 Å². The fraction of sp³-hybridized carbons (Fsp3) is 0.429. The van der Waals surface area contributed by atoms with Crippen LogP contribution in [-0.2, 0) is 6.18 Å². The molecular formula is C7H7F3OS. The smallest absolute Gasteiger partial charge is 0.425 e. The molecule has 0 N–H and O–H groups in total. The van der Waals surface area contributed by atoms with E-state index < -0.39 is 11.1 Å². The largest absolute Gasteiger partial charge is 0.493 e. The molecule has 0 spiro atoms. The van der Waals surface area contributed by atoms with Crippen LogP contribution in [0.1, 0.15) is 11.8 Å². The number of hydrogen-bond donors (Lipinski definition) is 0. The molecule has 0 aliphatic carbocycles. The van der Waals surface area contributed by atoms with Crippen LogP contribution in [0, 0.1) is 0 Å². The highest BCUT2D eigenvalue weighted by Gasteiger charge is 2.32. The van der Waals surface area contributed by atoms with Crippen molar-refractivity contribution in [2.45, 2.75) is 13.1 Å². The van der Waals surface area contributed by atoms with Gasteiger partial charge in [-0.25, -0.2) is 0 Å². The molecule has 5 heteroatoms. The Labute approximate surface area is 71.8 Å². The fourth-order valence-corrected chi connectivity index (χ4v) is 1.41. The zero-order valence-corrected chi connectivity index (χ0v) is 7.13. The summed E-state index contributed by atoms with van der Waals surface area (Å²) in [6.45, 7) is 2.11. The molecule has 0 saturated heterocycles. The first-order valence-electron chi connectivity index (χ1n) is 3.32. The first kappa shape index (κ1) is 9.38. The van der Waals surface area contributed by atoms with Gasteiger partial charge in [0.05, 0.1) is 6.61 Å². The van der Waals surface area contributed by atoms with Crippen molar-refractivity contribution in [1.29, 1.82) is 0 Å². The Bertz CT molecular complexity index is 253. The monoisotopic (exact) mass is 196 g/mol. The lowest BCUT2D eigenvalue weighted by atomic mass is 10.4. The predicted molar refractivity (Wildman–Crippen MR) is 40.5 cm³/mol. The highest BCUT2D eigenvalue weighted by Crippen LogP contribution is 2.36. The second-order valence-corrected chi connectivity index (χ2v) is 2.99. The molecule has 0 fully saturated rings. The topological polar surface area (TPSA) is 9.23 Å². The van der Waals surface area contributed by atoms with E-state index in [1.54, 1.807) is 6.92 Å². The van der Waals surface area contributed by atoms with Crippen LogP contribution in [0.25, 0.3) is 0 Å². The lowest BCUT2D eigenvalue weighted by Crippen LogP contribution is -2.00. The van der Waals surface area contributed by atoms with E-state index in [4.69, 9.17) is 4.74 Å². The van der Waals surface area contributed by atoms with E-state index in [1.807, 2.05) is 0 Å². The summed E-state index contributed by atoms with van der Waals surface area (Å²) < 4.78 is 40.9. The van der Waals surface area contributed by atoms with Gasteiger partial charge >= 0.3 is 6.18 Å². The lowest BCUT2D eigenvalue weighted by molar-refractivity contribution is -0.134. The number of ether oxygens (including phenoxy) is 1. The Hall–Kier alpha value is -0.710. The third-order valence-corrected chi connectivity index (χ3v) is 2.12. The minimum atomic E-state index is -4.25. The Morgan fingerprint density at radius 1 is 1.50 bits per heavy atom. The van der Waals surface area contributed by atoms with Crippen molar-refractivity contribution in [2.75, 3.05) is 6.61 Å². The molecule has 0 unspecified atom stereocenters. The van der Waals surface area contributed by atoms with Crippen LogP contribution in [0.5, 0.6) is 5.75 Å². The third-order valence-electron chi connectivity index (χ3n) is 1.17. The van der Waals surface area contributed by atoms with E-state index in [0.29, 0.717) is 17.9 Å².